The molecule has 0 spiro atoms. The predicted molar refractivity (Wildman–Crippen MR) is 302 cm³/mol. The molecular formula is C60H52N6O9S2. The summed E-state index contributed by atoms with van der Waals surface area (Å²) in [5.41, 5.74) is 13.3. The number of ether oxygens (including phenoxy) is 7. The second kappa shape index (κ2) is 25.3. The molecule has 8 aromatic carbocycles. The lowest BCUT2D eigenvalue weighted by molar-refractivity contribution is 0.00493. The first kappa shape index (κ1) is 51.9. The highest BCUT2D eigenvalue weighted by Crippen LogP contribution is 2.37. The third kappa shape index (κ3) is 12.6. The van der Waals surface area contributed by atoms with Crippen LogP contribution in [-0.4, -0.2) is 96.4 Å². The summed E-state index contributed by atoms with van der Waals surface area (Å²) in [6.07, 6.45) is 0. The van der Waals surface area contributed by atoms with Crippen LogP contribution in [0.2, 0.25) is 0 Å². The van der Waals surface area contributed by atoms with Crippen LogP contribution >= 0.6 is 23.5 Å². The number of fused-ring (bicyclic) bond motifs is 2. The molecule has 388 valence electrons. The van der Waals surface area contributed by atoms with Crippen molar-refractivity contribution in [2.45, 2.75) is 0 Å². The topological polar surface area (TPSA) is 174 Å². The monoisotopic (exact) mass is 1060 g/mol. The first-order valence-corrected chi connectivity index (χ1v) is 26.2. The Morgan fingerprint density at radius 2 is 0.675 bits per heavy atom. The summed E-state index contributed by atoms with van der Waals surface area (Å²) in [5.74, 6) is 1.90. The molecule has 2 N–H and O–H groups in total. The van der Waals surface area contributed by atoms with E-state index in [1.807, 2.05) is 109 Å². The number of nitrogens with one attached hydrogen (secondary N) is 2. The molecule has 2 amide bonds. The summed E-state index contributed by atoms with van der Waals surface area (Å²) in [6, 6.07) is 53.5. The average molecular weight is 1070 g/mol. The highest BCUT2D eigenvalue weighted by Gasteiger charge is 2.18. The molecule has 10 rings (SSSR count). The Balaban J connectivity index is 0.606. The number of rotatable bonds is 24. The Hall–Kier alpha value is -8.58. The van der Waals surface area contributed by atoms with E-state index in [0.29, 0.717) is 73.6 Å². The lowest BCUT2D eigenvalue weighted by Gasteiger charge is -2.13. The molecule has 17 heteroatoms. The van der Waals surface area contributed by atoms with Gasteiger partial charge in [-0.05, 0) is 95.1 Å². The fraction of sp³-hybridized carbons (Fsp3) is 0.167. The third-order valence-corrected chi connectivity index (χ3v) is 13.6. The van der Waals surface area contributed by atoms with Gasteiger partial charge in [-0.2, -0.15) is 17.5 Å². The van der Waals surface area contributed by atoms with E-state index in [2.05, 4.69) is 52.4 Å². The minimum atomic E-state index is -0.292. The molecule has 10 aromatic rings. The molecule has 0 saturated heterocycles. The van der Waals surface area contributed by atoms with Crippen molar-refractivity contribution in [2.75, 3.05) is 77.7 Å². The van der Waals surface area contributed by atoms with Crippen LogP contribution in [0.1, 0.15) is 20.7 Å². The summed E-state index contributed by atoms with van der Waals surface area (Å²) >= 11 is 2.36. The molecule has 0 aliphatic rings. The van der Waals surface area contributed by atoms with Gasteiger partial charge in [0.1, 0.15) is 58.3 Å². The minimum Gasteiger partial charge on any atom is -0.497 e. The minimum absolute atomic E-state index is 0.246. The van der Waals surface area contributed by atoms with Crippen molar-refractivity contribution < 1.29 is 42.7 Å². The maximum absolute atomic E-state index is 13.4. The fourth-order valence-electron chi connectivity index (χ4n) is 8.59. The number of anilines is 2. The number of nitrogens with zero attached hydrogens (tertiary/aromatic N) is 4. The van der Waals surface area contributed by atoms with E-state index < -0.39 is 0 Å². The van der Waals surface area contributed by atoms with Crippen LogP contribution in [0.15, 0.2) is 170 Å². The summed E-state index contributed by atoms with van der Waals surface area (Å²) in [4.78, 5) is 26.8. The van der Waals surface area contributed by atoms with Crippen LogP contribution in [0.5, 0.6) is 23.0 Å². The molecule has 0 atom stereocenters. The second-order valence-corrected chi connectivity index (χ2v) is 18.3. The summed E-state index contributed by atoms with van der Waals surface area (Å²) in [7, 11) is 3.30. The van der Waals surface area contributed by atoms with Crippen molar-refractivity contribution in [1.29, 1.82) is 0 Å². The van der Waals surface area contributed by atoms with Crippen LogP contribution in [-0.2, 0) is 14.2 Å². The zero-order valence-corrected chi connectivity index (χ0v) is 43.7. The zero-order valence-electron chi connectivity index (χ0n) is 42.1. The van der Waals surface area contributed by atoms with Gasteiger partial charge in [0.2, 0.25) is 0 Å². The molecule has 0 fully saturated rings. The molecule has 0 unspecified atom stereocenters. The van der Waals surface area contributed by atoms with E-state index in [0.717, 1.165) is 78.1 Å². The van der Waals surface area contributed by atoms with Crippen molar-refractivity contribution >= 4 is 68.7 Å². The molecule has 77 heavy (non-hydrogen) atoms. The predicted octanol–water partition coefficient (Wildman–Crippen LogP) is 12.4. The number of carbonyl (C=O) groups is 2. The van der Waals surface area contributed by atoms with Crippen molar-refractivity contribution in [3.63, 3.8) is 0 Å². The fourth-order valence-corrected chi connectivity index (χ4v) is 9.74. The van der Waals surface area contributed by atoms with E-state index in [9.17, 15) is 9.59 Å². The number of benzene rings is 8. The van der Waals surface area contributed by atoms with E-state index in [1.54, 1.807) is 50.6 Å². The standard InChI is InChI=1S/C60H52N6O9S2/c1-69-45-23-15-41(16-24-45)49-29-27-47(55-57(49)65-76-63-55)39-11-19-43(20-12-39)61-59(67)51-7-3-5-9-53(51)74-37-35-72-33-31-71-32-34-73-36-38-75-54-10-6-4-8-52(54)60(68)62-44-21-13-40(14-22-44)48-28-30-50(58-56(48)64-77-66-58)42-17-25-46(70-2)26-18-42/h3-30H,31-38H2,1-2H3,(H,61,67)(H,62,68). The number of amides is 2. The quantitative estimate of drug-likeness (QED) is 0.0548. The normalized spacial score (nSPS) is 11.1. The van der Waals surface area contributed by atoms with Gasteiger partial charge in [-0.1, -0.05) is 97.1 Å². The Bertz CT molecular complexity index is 3360. The van der Waals surface area contributed by atoms with Gasteiger partial charge in [0.15, 0.2) is 0 Å². The Morgan fingerprint density at radius 1 is 0.377 bits per heavy atom. The zero-order chi connectivity index (χ0) is 52.8. The number of aromatic nitrogens is 4. The first-order valence-electron chi connectivity index (χ1n) is 24.7. The van der Waals surface area contributed by atoms with Crippen LogP contribution in [0.3, 0.4) is 0 Å². The van der Waals surface area contributed by atoms with Gasteiger partial charge in [-0.25, -0.2) is 0 Å². The highest BCUT2D eigenvalue weighted by atomic mass is 32.1. The van der Waals surface area contributed by atoms with E-state index >= 15 is 0 Å². The van der Waals surface area contributed by atoms with Gasteiger partial charge >= 0.3 is 0 Å². The van der Waals surface area contributed by atoms with Gasteiger partial charge in [-0.15, -0.1) is 0 Å². The molecule has 0 saturated carbocycles. The summed E-state index contributed by atoms with van der Waals surface area (Å²) in [5, 5.41) is 5.98. The Labute approximate surface area is 453 Å². The van der Waals surface area contributed by atoms with Crippen LogP contribution in [0.4, 0.5) is 11.4 Å². The maximum atomic E-state index is 13.4. The Kier molecular flexibility index (Phi) is 17.1. The molecule has 15 nitrogen and oxygen atoms in total. The molecule has 0 bridgehead atoms. The Morgan fingerprint density at radius 3 is 1.00 bits per heavy atom. The summed E-state index contributed by atoms with van der Waals surface area (Å²) < 4.78 is 58.1. The van der Waals surface area contributed by atoms with Crippen molar-refractivity contribution in [3.05, 3.63) is 181 Å². The maximum Gasteiger partial charge on any atom is 0.259 e. The van der Waals surface area contributed by atoms with E-state index in [1.165, 1.54) is 23.5 Å². The van der Waals surface area contributed by atoms with E-state index in [-0.39, 0.29) is 25.0 Å². The van der Waals surface area contributed by atoms with Gasteiger partial charge in [0.25, 0.3) is 11.8 Å². The highest BCUT2D eigenvalue weighted by molar-refractivity contribution is 7.00. The lowest BCUT2D eigenvalue weighted by Crippen LogP contribution is -2.16. The molecule has 2 aromatic heterocycles. The number of methoxy groups -OCH3 is 2. The van der Waals surface area contributed by atoms with Crippen LogP contribution < -0.4 is 29.6 Å². The molecule has 0 aliphatic heterocycles. The lowest BCUT2D eigenvalue weighted by atomic mass is 9.97. The van der Waals surface area contributed by atoms with E-state index in [4.69, 9.17) is 33.2 Å². The van der Waals surface area contributed by atoms with Crippen molar-refractivity contribution in [1.82, 2.24) is 17.5 Å². The van der Waals surface area contributed by atoms with Gasteiger partial charge in [-0.3, -0.25) is 9.59 Å². The average Bonchev–Trinajstić information content (AvgIpc) is 4.21. The third-order valence-electron chi connectivity index (χ3n) is 12.5. The largest absolute Gasteiger partial charge is 0.497 e. The molecule has 0 radical (unpaired) electrons. The van der Waals surface area contributed by atoms with Crippen LogP contribution in [0.25, 0.3) is 66.6 Å². The number of hydrogen-bond acceptors (Lipinski definition) is 15. The van der Waals surface area contributed by atoms with Gasteiger partial charge in [0.05, 0.1) is 88.4 Å². The summed E-state index contributed by atoms with van der Waals surface area (Å²) in [6.45, 7) is 2.56. The second-order valence-electron chi connectivity index (χ2n) is 17.3. The molecule has 0 aliphatic carbocycles. The van der Waals surface area contributed by atoms with Crippen molar-refractivity contribution in [2.24, 2.45) is 0 Å². The molecular weight excluding hydrogens is 1010 g/mol. The van der Waals surface area contributed by atoms with Crippen molar-refractivity contribution in [3.8, 4) is 67.5 Å². The van der Waals surface area contributed by atoms with Crippen LogP contribution in [0, 0.1) is 0 Å². The number of para-hydroxylation sites is 2. The van der Waals surface area contributed by atoms with Gasteiger partial charge < -0.3 is 43.8 Å². The SMILES string of the molecule is COc1ccc(-c2ccc(-c3ccc(NC(=O)c4ccccc4OCCOCCOCCOCCOc4ccccc4C(=O)Nc4ccc(-c5ccc(-c6ccc(OC)cc6)c6nsnc56)cc4)cc3)c3nsnc23)cc1. The molecule has 2 heterocycles. The first-order chi connectivity index (χ1) is 37.9. The van der Waals surface area contributed by atoms with Gasteiger partial charge in [0, 0.05) is 33.6 Å². The number of hydrogen-bond donors (Lipinski definition) is 2. The smallest absolute Gasteiger partial charge is 0.259 e. The number of carbonyl (C=O) groups excluding carboxylic acids is 2.